The zero-order chi connectivity index (χ0) is 14.5. The third-order valence-electron chi connectivity index (χ3n) is 6.50. The van der Waals surface area contributed by atoms with Gasteiger partial charge in [0.15, 0.2) is 0 Å². The smallest absolute Gasteiger partial charge is 0.0800 e. The lowest BCUT2D eigenvalue weighted by Crippen LogP contribution is -3.13. The van der Waals surface area contributed by atoms with Crippen LogP contribution in [0, 0.1) is 17.8 Å². The fourth-order valence-electron chi connectivity index (χ4n) is 5.24. The minimum absolute atomic E-state index is 0.479. The molecule has 0 aromatic carbocycles. The lowest BCUT2D eigenvalue weighted by Gasteiger charge is -2.35. The predicted molar refractivity (Wildman–Crippen MR) is 91.1 cm³/mol. The van der Waals surface area contributed by atoms with E-state index in [1.807, 2.05) is 4.90 Å². The minimum atomic E-state index is 0.479. The molecule has 0 radical (unpaired) electrons. The maximum absolute atomic E-state index is 6.35. The van der Waals surface area contributed by atoms with Crippen LogP contribution in [0.1, 0.15) is 77.0 Å². The van der Waals surface area contributed by atoms with Crippen molar-refractivity contribution in [2.75, 3.05) is 19.6 Å². The highest BCUT2D eigenvalue weighted by atomic mass is 35.5. The van der Waals surface area contributed by atoms with Crippen molar-refractivity contribution in [1.82, 2.24) is 0 Å². The molecule has 21 heavy (non-hydrogen) atoms. The highest BCUT2D eigenvalue weighted by molar-refractivity contribution is 6.20. The summed E-state index contributed by atoms with van der Waals surface area (Å²) in [5.41, 5.74) is 0. The molecule has 122 valence electrons. The Balaban J connectivity index is 1.34. The van der Waals surface area contributed by atoms with Gasteiger partial charge < -0.3 is 4.90 Å². The van der Waals surface area contributed by atoms with E-state index in [2.05, 4.69) is 0 Å². The summed E-state index contributed by atoms with van der Waals surface area (Å²) in [5.74, 6) is 3.07. The van der Waals surface area contributed by atoms with Crippen LogP contribution in [0.3, 0.4) is 0 Å². The Bertz CT molecular complexity index is 292. The maximum Gasteiger partial charge on any atom is 0.0800 e. The molecule has 2 heteroatoms. The quantitative estimate of drug-likeness (QED) is 0.747. The average molecular weight is 313 g/mol. The zero-order valence-corrected chi connectivity index (χ0v) is 14.5. The fourth-order valence-corrected chi connectivity index (χ4v) is 5.65. The second kappa shape index (κ2) is 8.20. The molecule has 1 nitrogen and oxygen atoms in total. The monoisotopic (exact) mass is 312 g/mol. The lowest BCUT2D eigenvalue weighted by molar-refractivity contribution is -0.909. The lowest BCUT2D eigenvalue weighted by atomic mass is 9.79. The van der Waals surface area contributed by atoms with Crippen molar-refractivity contribution in [2.24, 2.45) is 17.8 Å². The molecule has 2 aliphatic carbocycles. The van der Waals surface area contributed by atoms with Gasteiger partial charge in [0.1, 0.15) is 0 Å². The molecule has 1 N–H and O–H groups in total. The van der Waals surface area contributed by atoms with E-state index in [0.717, 1.165) is 17.8 Å². The highest BCUT2D eigenvalue weighted by Gasteiger charge is 2.29. The van der Waals surface area contributed by atoms with Gasteiger partial charge in [-0.3, -0.25) is 0 Å². The van der Waals surface area contributed by atoms with Crippen molar-refractivity contribution < 1.29 is 4.90 Å². The van der Waals surface area contributed by atoms with Gasteiger partial charge in [0, 0.05) is 11.3 Å². The van der Waals surface area contributed by atoms with Crippen LogP contribution in [0.2, 0.25) is 0 Å². The number of hydrogen-bond acceptors (Lipinski definition) is 0. The first-order valence-electron chi connectivity index (χ1n) is 9.77. The normalized spacial score (nSPS) is 39.3. The van der Waals surface area contributed by atoms with Crippen LogP contribution < -0.4 is 4.90 Å². The highest BCUT2D eigenvalue weighted by Crippen LogP contribution is 2.31. The van der Waals surface area contributed by atoms with E-state index in [9.17, 15) is 0 Å². The Hall–Kier alpha value is 0.250. The Labute approximate surface area is 136 Å². The molecule has 3 aliphatic rings. The first-order chi connectivity index (χ1) is 10.3. The standard InChI is InChI=1S/C19H34ClN/c20-19-8-4-7-18(14-19)15-21-11-9-17(10-12-21)13-16-5-2-1-3-6-16/h16-19H,1-15H2/p+1. The molecular formula is C19H35ClN+. The van der Waals surface area contributed by atoms with Gasteiger partial charge in [-0.05, 0) is 50.4 Å². The first kappa shape index (κ1) is 16.1. The Kier molecular flexibility index (Phi) is 6.29. The molecule has 1 heterocycles. The number of hydrogen-bond donors (Lipinski definition) is 1. The van der Waals surface area contributed by atoms with Gasteiger partial charge in [0.2, 0.25) is 0 Å². The summed E-state index contributed by atoms with van der Waals surface area (Å²) >= 11 is 6.35. The van der Waals surface area contributed by atoms with Crippen LogP contribution in [-0.4, -0.2) is 25.0 Å². The van der Waals surface area contributed by atoms with Crippen molar-refractivity contribution in [1.29, 1.82) is 0 Å². The van der Waals surface area contributed by atoms with E-state index in [1.54, 1.807) is 6.42 Å². The molecule has 0 aromatic heterocycles. The topological polar surface area (TPSA) is 4.44 Å². The van der Waals surface area contributed by atoms with Crippen LogP contribution in [0.5, 0.6) is 0 Å². The summed E-state index contributed by atoms with van der Waals surface area (Å²) < 4.78 is 0. The Morgan fingerprint density at radius 1 is 0.714 bits per heavy atom. The van der Waals surface area contributed by atoms with E-state index in [4.69, 9.17) is 11.6 Å². The van der Waals surface area contributed by atoms with Gasteiger partial charge >= 0.3 is 0 Å². The number of quaternary nitrogens is 1. The molecule has 2 unspecified atom stereocenters. The Morgan fingerprint density at radius 2 is 1.38 bits per heavy atom. The summed E-state index contributed by atoms with van der Waals surface area (Å²) in [6.07, 6.45) is 17.5. The maximum atomic E-state index is 6.35. The summed E-state index contributed by atoms with van der Waals surface area (Å²) in [6, 6.07) is 0. The molecule has 2 atom stereocenters. The average Bonchev–Trinajstić information content (AvgIpc) is 2.50. The van der Waals surface area contributed by atoms with E-state index in [1.165, 1.54) is 90.3 Å². The molecule has 1 aliphatic heterocycles. The van der Waals surface area contributed by atoms with E-state index in [0.29, 0.717) is 5.38 Å². The number of alkyl halides is 1. The number of piperidine rings is 1. The van der Waals surface area contributed by atoms with Gasteiger partial charge in [0.05, 0.1) is 19.6 Å². The van der Waals surface area contributed by atoms with Gasteiger partial charge in [-0.25, -0.2) is 0 Å². The minimum Gasteiger partial charge on any atom is -0.335 e. The largest absolute Gasteiger partial charge is 0.335 e. The molecular weight excluding hydrogens is 278 g/mol. The Morgan fingerprint density at radius 3 is 2.10 bits per heavy atom. The van der Waals surface area contributed by atoms with Crippen LogP contribution in [0.4, 0.5) is 0 Å². The van der Waals surface area contributed by atoms with E-state index in [-0.39, 0.29) is 0 Å². The van der Waals surface area contributed by atoms with Crippen molar-refractivity contribution in [2.45, 2.75) is 82.4 Å². The van der Waals surface area contributed by atoms with Gasteiger partial charge in [-0.15, -0.1) is 11.6 Å². The SMILES string of the molecule is ClC1CCCC(C[NH+]2CCC(CC3CCCCC3)CC2)C1. The van der Waals surface area contributed by atoms with Crippen molar-refractivity contribution in [3.8, 4) is 0 Å². The molecule has 0 amide bonds. The first-order valence-corrected chi connectivity index (χ1v) is 10.2. The van der Waals surface area contributed by atoms with Crippen LogP contribution in [0.25, 0.3) is 0 Å². The predicted octanol–water partition coefficient (Wildman–Crippen LogP) is 4.05. The summed E-state index contributed by atoms with van der Waals surface area (Å²) in [4.78, 5) is 1.89. The third-order valence-corrected chi connectivity index (χ3v) is 6.90. The number of rotatable bonds is 4. The third kappa shape index (κ3) is 5.13. The van der Waals surface area contributed by atoms with Crippen LogP contribution in [0.15, 0.2) is 0 Å². The van der Waals surface area contributed by atoms with Crippen LogP contribution >= 0.6 is 11.6 Å². The number of nitrogens with one attached hydrogen (secondary N) is 1. The molecule has 3 fully saturated rings. The fraction of sp³-hybridized carbons (Fsp3) is 1.00. The van der Waals surface area contributed by atoms with Crippen molar-refractivity contribution in [3.63, 3.8) is 0 Å². The van der Waals surface area contributed by atoms with E-state index < -0.39 is 0 Å². The second-order valence-corrected chi connectivity index (χ2v) is 8.88. The number of halogens is 1. The molecule has 3 rings (SSSR count). The molecule has 1 saturated heterocycles. The van der Waals surface area contributed by atoms with Gasteiger partial charge in [-0.2, -0.15) is 0 Å². The number of likely N-dealkylation sites (tertiary alicyclic amines) is 1. The van der Waals surface area contributed by atoms with Crippen molar-refractivity contribution in [3.05, 3.63) is 0 Å². The second-order valence-electron chi connectivity index (χ2n) is 8.27. The zero-order valence-electron chi connectivity index (χ0n) is 13.8. The van der Waals surface area contributed by atoms with Crippen LogP contribution in [-0.2, 0) is 0 Å². The summed E-state index contributed by atoms with van der Waals surface area (Å²) in [6.45, 7) is 4.31. The van der Waals surface area contributed by atoms with E-state index >= 15 is 0 Å². The summed E-state index contributed by atoms with van der Waals surface area (Å²) in [5, 5.41) is 0.479. The molecule has 2 saturated carbocycles. The summed E-state index contributed by atoms with van der Waals surface area (Å²) in [7, 11) is 0. The molecule has 0 spiro atoms. The molecule has 0 aromatic rings. The van der Waals surface area contributed by atoms with Crippen molar-refractivity contribution >= 4 is 11.6 Å². The molecule has 0 bridgehead atoms. The van der Waals surface area contributed by atoms with Gasteiger partial charge in [-0.1, -0.05) is 38.5 Å². The van der Waals surface area contributed by atoms with Gasteiger partial charge in [0.25, 0.3) is 0 Å².